The number of hydrogen-bond donors (Lipinski definition) is 1. The average molecular weight is 668 g/mol. The first-order chi connectivity index (χ1) is 22.2. The van der Waals surface area contributed by atoms with Gasteiger partial charge in [0, 0.05) is 47.6 Å². The minimum absolute atomic E-state index is 0.0376. The van der Waals surface area contributed by atoms with Crippen molar-refractivity contribution in [3.63, 3.8) is 0 Å². The molecule has 0 saturated carbocycles. The highest BCUT2D eigenvalue weighted by atomic mass is 35.5. The van der Waals surface area contributed by atoms with E-state index in [1.165, 1.54) is 4.90 Å². The number of piperazine rings is 1. The molecule has 1 N–H and O–H groups in total. The number of halogens is 3. The van der Waals surface area contributed by atoms with Crippen LogP contribution in [0.2, 0.25) is 10.0 Å². The Morgan fingerprint density at radius 3 is 2.35 bits per heavy atom. The van der Waals surface area contributed by atoms with Crippen LogP contribution >= 0.6 is 23.2 Å². The fraction of sp³-hybridized carbons (Fsp3) is 0.412. The second-order valence-corrected chi connectivity index (χ2v) is 13.8. The molecule has 0 spiro atoms. The number of anilines is 2. The summed E-state index contributed by atoms with van der Waals surface area (Å²) in [5.74, 6) is -1.75. The third-order valence-electron chi connectivity index (χ3n) is 10.3. The zero-order chi connectivity index (χ0) is 31.9. The van der Waals surface area contributed by atoms with Gasteiger partial charge >= 0.3 is 5.97 Å². The number of carbonyl (C=O) groups excluding carboxylic acids is 1. The Kier molecular flexibility index (Phi) is 7.32. The topological polar surface area (TPSA) is 85.8 Å². The third kappa shape index (κ3) is 4.80. The zero-order valence-corrected chi connectivity index (χ0v) is 26.7. The molecule has 3 aromatic carbocycles. The predicted molar refractivity (Wildman–Crippen MR) is 173 cm³/mol. The third-order valence-corrected chi connectivity index (χ3v) is 10.9. The molecule has 0 aromatic heterocycles. The number of benzene rings is 3. The Labute approximate surface area is 276 Å². The van der Waals surface area contributed by atoms with Crippen molar-refractivity contribution in [2.75, 3.05) is 49.9 Å². The Hall–Kier alpha value is -3.57. The molecule has 5 aliphatic rings. The number of rotatable bonds is 5. The van der Waals surface area contributed by atoms with Gasteiger partial charge in [-0.3, -0.25) is 9.69 Å². The quantitative estimate of drug-likeness (QED) is 0.369. The predicted octanol–water partition coefficient (Wildman–Crippen LogP) is 5.75. The molecule has 4 bridgehead atoms. The van der Waals surface area contributed by atoms with E-state index >= 15 is 4.39 Å². The number of carboxylic acids is 1. The summed E-state index contributed by atoms with van der Waals surface area (Å²) in [5, 5.41) is 10.5. The zero-order valence-electron chi connectivity index (χ0n) is 25.2. The van der Waals surface area contributed by atoms with Gasteiger partial charge in [0.1, 0.15) is 11.6 Å². The van der Waals surface area contributed by atoms with Crippen LogP contribution in [0.4, 0.5) is 15.8 Å². The second kappa shape index (κ2) is 11.3. The SMILES string of the molecule is CN1C[C@@H]2C[C@H]1CN2c1cc(Cl)c(C(=O)N2COc3c(cccc3-c3cc(N4C5CCC4COC5)c(C(=O)O)cc3F)C2)c(Cl)c1. The highest BCUT2D eigenvalue weighted by Crippen LogP contribution is 2.44. The lowest BCUT2D eigenvalue weighted by Gasteiger charge is -2.37. The van der Waals surface area contributed by atoms with Crippen molar-refractivity contribution in [1.82, 2.24) is 9.80 Å². The van der Waals surface area contributed by atoms with Crippen LogP contribution in [-0.2, 0) is 11.3 Å². The molecule has 12 heteroatoms. The van der Waals surface area contributed by atoms with Gasteiger partial charge < -0.3 is 29.3 Å². The van der Waals surface area contributed by atoms with Crippen LogP contribution in [0.3, 0.4) is 0 Å². The van der Waals surface area contributed by atoms with Gasteiger partial charge in [-0.15, -0.1) is 0 Å². The molecule has 1 amide bonds. The molecule has 4 fully saturated rings. The van der Waals surface area contributed by atoms with Crippen molar-refractivity contribution in [2.24, 2.45) is 0 Å². The number of likely N-dealkylation sites (tertiary alicyclic amines) is 1. The molecule has 3 aromatic rings. The van der Waals surface area contributed by atoms with E-state index in [-0.39, 0.29) is 58.0 Å². The Morgan fingerprint density at radius 1 is 0.957 bits per heavy atom. The van der Waals surface area contributed by atoms with Crippen molar-refractivity contribution < 1.29 is 28.6 Å². The lowest BCUT2D eigenvalue weighted by molar-refractivity contribution is 0.0516. The van der Waals surface area contributed by atoms with Gasteiger partial charge in [-0.1, -0.05) is 41.4 Å². The Morgan fingerprint density at radius 2 is 1.70 bits per heavy atom. The highest BCUT2D eigenvalue weighted by molar-refractivity contribution is 6.40. The van der Waals surface area contributed by atoms with Crippen molar-refractivity contribution >= 4 is 46.5 Å². The number of nitrogens with zero attached hydrogens (tertiary/aromatic N) is 4. The van der Waals surface area contributed by atoms with E-state index < -0.39 is 11.8 Å². The van der Waals surface area contributed by atoms with Crippen molar-refractivity contribution in [3.05, 3.63) is 75.0 Å². The molecule has 0 radical (unpaired) electrons. The molecule has 46 heavy (non-hydrogen) atoms. The van der Waals surface area contributed by atoms with Crippen LogP contribution in [-0.4, -0.2) is 91.0 Å². The van der Waals surface area contributed by atoms with Crippen LogP contribution in [0.15, 0.2) is 42.5 Å². The van der Waals surface area contributed by atoms with Gasteiger partial charge in [-0.2, -0.15) is 0 Å². The van der Waals surface area contributed by atoms with E-state index in [9.17, 15) is 14.7 Å². The summed E-state index contributed by atoms with van der Waals surface area (Å²) in [7, 11) is 2.14. The lowest BCUT2D eigenvalue weighted by atomic mass is 9.96. The number of likely N-dealkylation sites (N-methyl/N-ethyl adjacent to an activating group) is 1. The normalized spacial score (nSPS) is 25.2. The van der Waals surface area contributed by atoms with Gasteiger partial charge in [-0.25, -0.2) is 9.18 Å². The minimum atomic E-state index is -1.18. The minimum Gasteiger partial charge on any atom is -0.478 e. The molecule has 2 unspecified atom stereocenters. The maximum atomic E-state index is 15.7. The monoisotopic (exact) mass is 666 g/mol. The number of carboxylic acid groups (broad SMARTS) is 1. The molecule has 240 valence electrons. The first kappa shape index (κ1) is 29.8. The van der Waals surface area contributed by atoms with Gasteiger partial charge in [0.15, 0.2) is 6.73 Å². The molecular weight excluding hydrogens is 634 g/mol. The van der Waals surface area contributed by atoms with Gasteiger partial charge in [-0.05, 0) is 50.6 Å². The first-order valence-electron chi connectivity index (χ1n) is 15.6. The summed E-state index contributed by atoms with van der Waals surface area (Å²) < 4.78 is 27.5. The van der Waals surface area contributed by atoms with E-state index in [0.29, 0.717) is 47.9 Å². The molecule has 4 atom stereocenters. The van der Waals surface area contributed by atoms with E-state index in [1.807, 2.05) is 18.2 Å². The fourth-order valence-electron chi connectivity index (χ4n) is 8.06. The van der Waals surface area contributed by atoms with E-state index in [1.54, 1.807) is 18.2 Å². The lowest BCUT2D eigenvalue weighted by Crippen LogP contribution is -2.46. The number of amides is 1. The summed E-state index contributed by atoms with van der Waals surface area (Å²) >= 11 is 13.4. The Bertz CT molecular complexity index is 1730. The van der Waals surface area contributed by atoms with Gasteiger partial charge in [0.25, 0.3) is 5.91 Å². The molecule has 5 aliphatic heterocycles. The maximum absolute atomic E-state index is 15.7. The second-order valence-electron chi connectivity index (χ2n) is 13.0. The van der Waals surface area contributed by atoms with Crippen molar-refractivity contribution in [3.8, 4) is 16.9 Å². The van der Waals surface area contributed by atoms with Crippen molar-refractivity contribution in [2.45, 2.75) is 50.0 Å². The van der Waals surface area contributed by atoms with Crippen LogP contribution in [0.1, 0.15) is 45.5 Å². The van der Waals surface area contributed by atoms with Gasteiger partial charge in [0.2, 0.25) is 0 Å². The van der Waals surface area contributed by atoms with Gasteiger partial charge in [0.05, 0.1) is 58.7 Å². The van der Waals surface area contributed by atoms with Crippen LogP contribution in [0, 0.1) is 5.82 Å². The summed E-state index contributed by atoms with van der Waals surface area (Å²) in [6.07, 6.45) is 2.87. The maximum Gasteiger partial charge on any atom is 0.337 e. The summed E-state index contributed by atoms with van der Waals surface area (Å²) in [4.78, 5) is 34.3. The highest BCUT2D eigenvalue weighted by Gasteiger charge is 2.42. The first-order valence-corrected chi connectivity index (χ1v) is 16.4. The Balaban J connectivity index is 1.08. The number of morpholine rings is 1. The molecule has 4 saturated heterocycles. The smallest absolute Gasteiger partial charge is 0.337 e. The van der Waals surface area contributed by atoms with Crippen molar-refractivity contribution in [1.29, 1.82) is 0 Å². The molecule has 5 heterocycles. The van der Waals surface area contributed by atoms with E-state index in [0.717, 1.165) is 44.1 Å². The molecule has 8 rings (SSSR count). The largest absolute Gasteiger partial charge is 0.478 e. The van der Waals surface area contributed by atoms with Crippen LogP contribution < -0.4 is 14.5 Å². The average Bonchev–Trinajstić information content (AvgIpc) is 3.69. The summed E-state index contributed by atoms with van der Waals surface area (Å²) in [5.41, 5.74) is 2.96. The molecule has 0 aliphatic carbocycles. The van der Waals surface area contributed by atoms with E-state index in [2.05, 4.69) is 21.7 Å². The summed E-state index contributed by atoms with van der Waals surface area (Å²) in [6, 6.07) is 12.7. The number of aromatic carboxylic acids is 1. The van der Waals surface area contributed by atoms with Crippen LogP contribution in [0.5, 0.6) is 5.75 Å². The number of carbonyl (C=O) groups is 2. The molecular formula is C34H33Cl2FN4O5. The van der Waals surface area contributed by atoms with Crippen LogP contribution in [0.25, 0.3) is 11.1 Å². The fourth-order valence-corrected chi connectivity index (χ4v) is 8.70. The number of ether oxygens (including phenoxy) is 2. The number of hydrogen-bond acceptors (Lipinski definition) is 7. The molecule has 9 nitrogen and oxygen atoms in total. The summed E-state index contributed by atoms with van der Waals surface area (Å²) in [6.45, 7) is 3.00. The number of para-hydroxylation sites is 1. The van der Waals surface area contributed by atoms with E-state index in [4.69, 9.17) is 32.7 Å². The standard InChI is InChI=1S/C34H33Cl2FN4O5/c1-38-13-23-7-22(38)14-40(23)21-8-27(35)31(28(36)9-21)33(42)39-12-18-3-2-4-24(32(18)46-17-39)25-11-30(26(34(43)44)10-29(25)37)41-19-5-6-20(41)16-45-15-19/h2-4,8-11,19-20,22-23H,5-7,12-17H2,1H3,(H,43,44)/t19?,20?,22-,23-/m0/s1. The number of fused-ring (bicyclic) bond motifs is 5.